The van der Waals surface area contributed by atoms with Crippen LogP contribution in [0.2, 0.25) is 0 Å². The van der Waals surface area contributed by atoms with E-state index >= 15 is 0 Å². The Kier molecular flexibility index (Phi) is 16.5. The van der Waals surface area contributed by atoms with Crippen LogP contribution in [-0.4, -0.2) is 194 Å². The molecule has 6 heterocycles. The average molecular weight is 975 g/mol. The topological polar surface area (TPSA) is 320 Å². The molecule has 24 nitrogen and oxygen atoms in total. The molecule has 24 heteroatoms. The molecule has 372 valence electrons. The summed E-state index contributed by atoms with van der Waals surface area (Å²) in [6.45, 7) is -3.11. The third kappa shape index (κ3) is 12.2. The quantitative estimate of drug-likeness (QED) is 0.0559. The number of nitrogens with zero attached hydrogens (tertiary/aromatic N) is 6. The molecule has 2 unspecified atom stereocenters. The number of carbonyl (C=O) groups excluding carboxylic acids is 11. The predicted molar refractivity (Wildman–Crippen MR) is 233 cm³/mol. The summed E-state index contributed by atoms with van der Waals surface area (Å²) in [6.07, 6.45) is 8.08. The molecule has 0 saturated carbocycles. The van der Waals surface area contributed by atoms with Gasteiger partial charge in [-0.1, -0.05) is 0 Å². The van der Waals surface area contributed by atoms with Crippen LogP contribution in [0.25, 0.3) is 0 Å². The molecule has 2 atom stereocenters. The molecule has 3 N–H and O–H groups in total. The molecule has 0 saturated heterocycles. The van der Waals surface area contributed by atoms with Crippen LogP contribution in [0.1, 0.15) is 51.4 Å². The highest BCUT2D eigenvalue weighted by molar-refractivity contribution is 6.23. The second kappa shape index (κ2) is 22.2. The lowest BCUT2D eigenvalue weighted by Crippen LogP contribution is -2.52. The molecular formula is C46H50N6O18. The second-order valence-electron chi connectivity index (χ2n) is 17.5. The first-order valence-corrected chi connectivity index (χ1v) is 22.3. The van der Waals surface area contributed by atoms with Crippen LogP contribution in [0.4, 0.5) is 0 Å². The molecule has 0 spiro atoms. The Morgan fingerprint density at radius 2 is 0.843 bits per heavy atom. The van der Waals surface area contributed by atoms with Gasteiger partial charge in [-0.2, -0.15) is 0 Å². The minimum Gasteiger partial charge on any atom is -0.481 e. The molecule has 0 radical (unpaired) electrons. The number of carboxylic acids is 2. The van der Waals surface area contributed by atoms with E-state index in [9.17, 15) is 77.6 Å². The molecule has 0 aromatic heterocycles. The molecule has 70 heavy (non-hydrogen) atoms. The number of amides is 11. The van der Waals surface area contributed by atoms with E-state index in [4.69, 9.17) is 9.47 Å². The van der Waals surface area contributed by atoms with Gasteiger partial charge < -0.3 is 29.7 Å². The van der Waals surface area contributed by atoms with Gasteiger partial charge in [-0.05, 0) is 44.6 Å². The summed E-state index contributed by atoms with van der Waals surface area (Å²) >= 11 is 0. The van der Waals surface area contributed by atoms with E-state index < -0.39 is 138 Å². The van der Waals surface area contributed by atoms with Gasteiger partial charge in [0.15, 0.2) is 0 Å². The number of carbonyl (C=O) groups is 13. The Balaban J connectivity index is 1.25. The lowest BCUT2D eigenvalue weighted by Gasteiger charge is -2.39. The van der Waals surface area contributed by atoms with Crippen LogP contribution in [0, 0.1) is 10.8 Å². The van der Waals surface area contributed by atoms with Crippen molar-refractivity contribution in [3.8, 4) is 0 Å². The van der Waals surface area contributed by atoms with Crippen LogP contribution >= 0.6 is 0 Å². The number of carboxylic acid groups (broad SMARTS) is 2. The Hall–Kier alpha value is -7.57. The SMILES string of the molecule is O=C(O)CCOCC(CCCN1C(=O)C=CC1=O)(CN1C(=O)C=CC1=O)CN1C(=O)C=C(C2=CC(O)N(CC(CCCN3C(=O)C=CC3=O)(CCCN3C(=O)C=CC3=O)COCCC(=O)O)C2=O)C1=O. The maximum atomic E-state index is 14.5. The maximum absolute atomic E-state index is 14.5. The number of imide groups is 5. The van der Waals surface area contributed by atoms with Crippen molar-refractivity contribution >= 4 is 76.9 Å². The zero-order chi connectivity index (χ0) is 50.9. The fraction of sp³-hybridized carbons (Fsp3) is 0.457. The van der Waals surface area contributed by atoms with Gasteiger partial charge >= 0.3 is 11.9 Å². The van der Waals surface area contributed by atoms with Gasteiger partial charge in [-0.15, -0.1) is 0 Å². The van der Waals surface area contributed by atoms with Crippen molar-refractivity contribution < 1.29 is 87.1 Å². The van der Waals surface area contributed by atoms with E-state index in [1.54, 1.807) is 0 Å². The maximum Gasteiger partial charge on any atom is 0.305 e. The van der Waals surface area contributed by atoms with E-state index in [0.717, 1.165) is 90.2 Å². The fourth-order valence-electron chi connectivity index (χ4n) is 8.96. The molecule has 0 aliphatic carbocycles. The highest BCUT2D eigenvalue weighted by atomic mass is 16.5. The Morgan fingerprint density at radius 1 is 0.471 bits per heavy atom. The van der Waals surface area contributed by atoms with E-state index in [0.29, 0.717) is 0 Å². The summed E-state index contributed by atoms with van der Waals surface area (Å²) in [5, 5.41) is 30.1. The van der Waals surface area contributed by atoms with Crippen molar-refractivity contribution in [1.82, 2.24) is 29.4 Å². The van der Waals surface area contributed by atoms with Crippen LogP contribution in [0.5, 0.6) is 0 Å². The van der Waals surface area contributed by atoms with E-state index in [1.165, 1.54) is 0 Å². The second-order valence-corrected chi connectivity index (χ2v) is 17.5. The summed E-state index contributed by atoms with van der Waals surface area (Å²) in [6, 6.07) is 0. The third-order valence-corrected chi connectivity index (χ3v) is 12.5. The van der Waals surface area contributed by atoms with E-state index in [1.807, 2.05) is 0 Å². The number of aliphatic hydroxyl groups excluding tert-OH is 1. The van der Waals surface area contributed by atoms with Gasteiger partial charge in [0.25, 0.3) is 65.0 Å². The van der Waals surface area contributed by atoms with E-state index in [-0.39, 0.29) is 84.5 Å². The number of aliphatic carboxylic acids is 2. The van der Waals surface area contributed by atoms with Gasteiger partial charge in [0.1, 0.15) is 6.23 Å². The molecular weight excluding hydrogens is 925 g/mol. The fourth-order valence-corrected chi connectivity index (χ4v) is 8.96. The van der Waals surface area contributed by atoms with Crippen molar-refractivity contribution in [2.45, 2.75) is 57.6 Å². The van der Waals surface area contributed by atoms with Gasteiger partial charge in [0.05, 0.1) is 50.4 Å². The molecule has 6 rings (SSSR count). The van der Waals surface area contributed by atoms with E-state index in [2.05, 4.69) is 0 Å². The minimum absolute atomic E-state index is 0.00274. The summed E-state index contributed by atoms with van der Waals surface area (Å²) in [5.74, 6) is -10.2. The number of hydrogen-bond donors (Lipinski definition) is 3. The zero-order valence-corrected chi connectivity index (χ0v) is 37.7. The summed E-state index contributed by atoms with van der Waals surface area (Å²) in [7, 11) is 0. The van der Waals surface area contributed by atoms with Crippen molar-refractivity contribution in [1.29, 1.82) is 0 Å². The highest BCUT2D eigenvalue weighted by Gasteiger charge is 2.47. The summed E-state index contributed by atoms with van der Waals surface area (Å²) < 4.78 is 11.6. The standard InChI is InChI=1S/C46H50N6O18/c53-31-4-5-32(54)47(31)17-1-14-45(27-69-20-12-41(63)64,15-2-18-48-33(55)6-7-34(48)56)24-51-39(61)22-29(43(51)67)30-23-40(62)52(44(30)68)26-46(28-70-21-13-42(65)66,25-50-37(59)10-11-38(50)60)16-3-19-49-35(57)8-9-36(49)58/h4-11,22-23,39,61H,1-3,12-21,24-28H2,(H,63,64)(H,65,66). The molecule has 6 aliphatic heterocycles. The first kappa shape index (κ1) is 51.8. The smallest absolute Gasteiger partial charge is 0.305 e. The monoisotopic (exact) mass is 974 g/mol. The molecule has 0 aromatic rings. The zero-order valence-electron chi connectivity index (χ0n) is 37.7. The first-order valence-electron chi connectivity index (χ1n) is 22.3. The van der Waals surface area contributed by atoms with Crippen LogP contribution < -0.4 is 0 Å². The normalized spacial score (nSPS) is 20.1. The van der Waals surface area contributed by atoms with Gasteiger partial charge in [0.2, 0.25) is 0 Å². The van der Waals surface area contributed by atoms with Crippen molar-refractivity contribution in [3.05, 3.63) is 71.9 Å². The third-order valence-electron chi connectivity index (χ3n) is 12.5. The summed E-state index contributed by atoms with van der Waals surface area (Å²) in [4.78, 5) is 171. The molecule has 6 aliphatic rings. The number of hydrogen-bond acceptors (Lipinski definition) is 16. The van der Waals surface area contributed by atoms with Crippen molar-refractivity contribution in [3.63, 3.8) is 0 Å². The van der Waals surface area contributed by atoms with Crippen LogP contribution in [0.3, 0.4) is 0 Å². The van der Waals surface area contributed by atoms with Crippen LogP contribution in [0.15, 0.2) is 71.9 Å². The van der Waals surface area contributed by atoms with Gasteiger partial charge in [0, 0.05) is 105 Å². The van der Waals surface area contributed by atoms with Crippen molar-refractivity contribution in [2.75, 3.05) is 65.7 Å². The molecule has 0 aromatic carbocycles. The highest BCUT2D eigenvalue weighted by Crippen LogP contribution is 2.38. The van der Waals surface area contributed by atoms with Gasteiger partial charge in [-0.25, -0.2) is 0 Å². The first-order chi connectivity index (χ1) is 33.2. The number of aliphatic hydroxyl groups is 1. The Bertz CT molecular complexity index is 2350. The average Bonchev–Trinajstić information content (AvgIpc) is 4.13. The van der Waals surface area contributed by atoms with Crippen molar-refractivity contribution in [2.24, 2.45) is 10.8 Å². The minimum atomic E-state index is -1.73. The van der Waals surface area contributed by atoms with Gasteiger partial charge in [-0.3, -0.25) is 86.8 Å². The lowest BCUT2D eigenvalue weighted by atomic mass is 9.78. The number of ether oxygens (including phenoxy) is 2. The molecule has 0 bridgehead atoms. The largest absolute Gasteiger partial charge is 0.481 e. The lowest BCUT2D eigenvalue weighted by molar-refractivity contribution is -0.145. The Morgan fingerprint density at radius 3 is 1.26 bits per heavy atom. The van der Waals surface area contributed by atoms with Crippen LogP contribution in [-0.2, 0) is 71.8 Å². The predicted octanol–water partition coefficient (Wildman–Crippen LogP) is -1.64. The molecule has 11 amide bonds. The Labute approximate surface area is 398 Å². The molecule has 0 fully saturated rings. The number of rotatable bonds is 29. The summed E-state index contributed by atoms with van der Waals surface area (Å²) in [5.41, 5.74) is -3.63.